The zero-order valence-electron chi connectivity index (χ0n) is 13.0. The Labute approximate surface area is 122 Å². The molecule has 0 spiro atoms. The largest absolute Gasteiger partial charge is 0.378 e. The lowest BCUT2D eigenvalue weighted by Gasteiger charge is -2.27. The molecule has 4 nitrogen and oxygen atoms in total. The Hall–Kier alpha value is -0.870. The minimum atomic E-state index is 0.463. The number of hydrogen-bond acceptors (Lipinski definition) is 3. The van der Waals surface area contributed by atoms with Crippen molar-refractivity contribution in [3.05, 3.63) is 18.0 Å². The van der Waals surface area contributed by atoms with E-state index >= 15 is 0 Å². The zero-order chi connectivity index (χ0) is 14.2. The highest BCUT2D eigenvalue weighted by Crippen LogP contribution is 2.19. The molecule has 114 valence electrons. The van der Waals surface area contributed by atoms with Gasteiger partial charge in [-0.2, -0.15) is 5.10 Å². The SMILES string of the molecule is CCCNC(CCc1ccnn1C)CC1CCCCO1. The molecule has 0 bridgehead atoms. The Kier molecular flexibility index (Phi) is 6.54. The zero-order valence-corrected chi connectivity index (χ0v) is 13.0. The Bertz CT molecular complexity index is 372. The third-order valence-corrected chi connectivity index (χ3v) is 4.18. The van der Waals surface area contributed by atoms with Crippen molar-refractivity contribution in [3.63, 3.8) is 0 Å². The van der Waals surface area contributed by atoms with Gasteiger partial charge in [0.25, 0.3) is 0 Å². The van der Waals surface area contributed by atoms with Gasteiger partial charge in [-0.3, -0.25) is 4.68 Å². The molecule has 1 saturated heterocycles. The molecule has 2 unspecified atom stereocenters. The standard InChI is InChI=1S/C16H29N3O/c1-3-10-17-14(13-16-6-4-5-12-20-16)7-8-15-9-11-18-19(15)2/h9,11,14,16-17H,3-8,10,12-13H2,1-2H3. The van der Waals surface area contributed by atoms with Gasteiger partial charge in [-0.1, -0.05) is 6.92 Å². The van der Waals surface area contributed by atoms with Crippen LogP contribution in [0, 0.1) is 0 Å². The van der Waals surface area contributed by atoms with Gasteiger partial charge in [0.05, 0.1) is 6.10 Å². The van der Waals surface area contributed by atoms with Crippen LogP contribution in [0.5, 0.6) is 0 Å². The topological polar surface area (TPSA) is 39.1 Å². The molecule has 20 heavy (non-hydrogen) atoms. The highest BCUT2D eigenvalue weighted by atomic mass is 16.5. The fourth-order valence-electron chi connectivity index (χ4n) is 2.93. The molecule has 1 aromatic rings. The molecule has 2 rings (SSSR count). The van der Waals surface area contributed by atoms with Crippen LogP contribution in [0.15, 0.2) is 12.3 Å². The van der Waals surface area contributed by atoms with E-state index in [9.17, 15) is 0 Å². The summed E-state index contributed by atoms with van der Waals surface area (Å²) in [5, 5.41) is 7.93. The molecule has 0 aromatic carbocycles. The molecule has 1 aromatic heterocycles. The van der Waals surface area contributed by atoms with Crippen LogP contribution in [0.3, 0.4) is 0 Å². The second-order valence-electron chi connectivity index (χ2n) is 5.86. The van der Waals surface area contributed by atoms with Crippen LogP contribution in [0.4, 0.5) is 0 Å². The number of hydrogen-bond donors (Lipinski definition) is 1. The first-order valence-electron chi connectivity index (χ1n) is 8.11. The number of aromatic nitrogens is 2. The number of rotatable bonds is 8. The maximum atomic E-state index is 5.89. The third kappa shape index (κ3) is 4.91. The van der Waals surface area contributed by atoms with Crippen LogP contribution >= 0.6 is 0 Å². The van der Waals surface area contributed by atoms with Crippen molar-refractivity contribution in [2.75, 3.05) is 13.2 Å². The van der Waals surface area contributed by atoms with E-state index in [0.717, 1.165) is 26.0 Å². The summed E-state index contributed by atoms with van der Waals surface area (Å²) in [5.41, 5.74) is 1.32. The van der Waals surface area contributed by atoms with E-state index in [1.54, 1.807) is 0 Å². The van der Waals surface area contributed by atoms with Gasteiger partial charge in [0.1, 0.15) is 0 Å². The number of aryl methyl sites for hydroxylation is 2. The second-order valence-corrected chi connectivity index (χ2v) is 5.86. The summed E-state index contributed by atoms with van der Waals surface area (Å²) in [7, 11) is 2.02. The van der Waals surface area contributed by atoms with Gasteiger partial charge in [0, 0.05) is 31.6 Å². The van der Waals surface area contributed by atoms with Crippen molar-refractivity contribution >= 4 is 0 Å². The van der Waals surface area contributed by atoms with Crippen LogP contribution in [-0.2, 0) is 18.2 Å². The van der Waals surface area contributed by atoms with Gasteiger partial charge in [-0.05, 0) is 57.6 Å². The van der Waals surface area contributed by atoms with Gasteiger partial charge in [-0.25, -0.2) is 0 Å². The molecule has 0 amide bonds. The molecule has 4 heteroatoms. The van der Waals surface area contributed by atoms with E-state index < -0.39 is 0 Å². The third-order valence-electron chi connectivity index (χ3n) is 4.18. The average molecular weight is 279 g/mol. The summed E-state index contributed by atoms with van der Waals surface area (Å²) in [6.45, 7) is 4.28. The molecule has 1 N–H and O–H groups in total. The van der Waals surface area contributed by atoms with Gasteiger partial charge in [0.15, 0.2) is 0 Å². The summed E-state index contributed by atoms with van der Waals surface area (Å²) in [4.78, 5) is 0. The summed E-state index contributed by atoms with van der Waals surface area (Å²) in [6.07, 6.45) is 10.7. The molecule has 2 atom stereocenters. The number of ether oxygens (including phenoxy) is 1. The fourth-order valence-corrected chi connectivity index (χ4v) is 2.93. The van der Waals surface area contributed by atoms with Gasteiger partial charge >= 0.3 is 0 Å². The summed E-state index contributed by atoms with van der Waals surface area (Å²) >= 11 is 0. The Morgan fingerprint density at radius 2 is 2.40 bits per heavy atom. The van der Waals surface area contributed by atoms with Crippen LogP contribution in [0.25, 0.3) is 0 Å². The first-order valence-corrected chi connectivity index (χ1v) is 8.11. The maximum absolute atomic E-state index is 5.89. The first-order chi connectivity index (χ1) is 9.79. The molecule has 2 heterocycles. The monoisotopic (exact) mass is 279 g/mol. The highest BCUT2D eigenvalue weighted by Gasteiger charge is 2.19. The maximum Gasteiger partial charge on any atom is 0.0590 e. The quantitative estimate of drug-likeness (QED) is 0.795. The minimum absolute atomic E-state index is 0.463. The molecule has 1 fully saturated rings. The first kappa shape index (κ1) is 15.5. The Morgan fingerprint density at radius 1 is 1.50 bits per heavy atom. The fraction of sp³-hybridized carbons (Fsp3) is 0.812. The predicted molar refractivity (Wildman–Crippen MR) is 81.8 cm³/mol. The van der Waals surface area contributed by atoms with E-state index in [1.165, 1.54) is 37.8 Å². The lowest BCUT2D eigenvalue weighted by molar-refractivity contribution is 0.00472. The van der Waals surface area contributed by atoms with Crippen molar-refractivity contribution in [2.24, 2.45) is 7.05 Å². The van der Waals surface area contributed by atoms with E-state index in [-0.39, 0.29) is 0 Å². The van der Waals surface area contributed by atoms with Crippen molar-refractivity contribution < 1.29 is 4.74 Å². The Balaban J connectivity index is 1.80. The van der Waals surface area contributed by atoms with Crippen molar-refractivity contribution in [1.29, 1.82) is 0 Å². The van der Waals surface area contributed by atoms with E-state index in [0.29, 0.717) is 12.1 Å². The summed E-state index contributed by atoms with van der Waals surface area (Å²) in [5.74, 6) is 0. The van der Waals surface area contributed by atoms with Crippen molar-refractivity contribution in [1.82, 2.24) is 15.1 Å². The van der Waals surface area contributed by atoms with E-state index in [1.807, 2.05) is 17.9 Å². The van der Waals surface area contributed by atoms with Crippen molar-refractivity contribution in [2.45, 2.75) is 64.0 Å². The van der Waals surface area contributed by atoms with Crippen LogP contribution < -0.4 is 5.32 Å². The van der Waals surface area contributed by atoms with E-state index in [4.69, 9.17) is 4.74 Å². The lowest BCUT2D eigenvalue weighted by atomic mass is 9.98. The number of nitrogens with zero attached hydrogens (tertiary/aromatic N) is 2. The van der Waals surface area contributed by atoms with Crippen LogP contribution in [-0.4, -0.2) is 35.1 Å². The molecular weight excluding hydrogens is 250 g/mol. The average Bonchev–Trinajstić information content (AvgIpc) is 2.88. The van der Waals surface area contributed by atoms with Gasteiger partial charge in [0.2, 0.25) is 0 Å². The van der Waals surface area contributed by atoms with Crippen LogP contribution in [0.2, 0.25) is 0 Å². The highest BCUT2D eigenvalue weighted by molar-refractivity contribution is 5.00. The molecule has 0 aliphatic carbocycles. The van der Waals surface area contributed by atoms with Crippen molar-refractivity contribution in [3.8, 4) is 0 Å². The lowest BCUT2D eigenvalue weighted by Crippen LogP contribution is -2.35. The van der Waals surface area contributed by atoms with Gasteiger partial charge in [-0.15, -0.1) is 0 Å². The molecule has 1 aliphatic heterocycles. The molecule has 0 radical (unpaired) electrons. The van der Waals surface area contributed by atoms with Crippen LogP contribution in [0.1, 0.15) is 51.1 Å². The predicted octanol–water partition coefficient (Wildman–Crippen LogP) is 2.68. The smallest absolute Gasteiger partial charge is 0.0590 e. The van der Waals surface area contributed by atoms with E-state index in [2.05, 4.69) is 23.4 Å². The normalized spacial score (nSPS) is 21.0. The Morgan fingerprint density at radius 3 is 3.05 bits per heavy atom. The van der Waals surface area contributed by atoms with Gasteiger partial charge < -0.3 is 10.1 Å². The summed E-state index contributed by atoms with van der Waals surface area (Å²) in [6, 6.07) is 2.68. The minimum Gasteiger partial charge on any atom is -0.378 e. The number of nitrogens with one attached hydrogen (secondary N) is 1. The molecule has 1 aliphatic rings. The molecular formula is C16H29N3O. The summed E-state index contributed by atoms with van der Waals surface area (Å²) < 4.78 is 7.87. The molecule has 0 saturated carbocycles. The second kappa shape index (κ2) is 8.42.